The molecule has 0 aromatic heterocycles. The van der Waals surface area contributed by atoms with Crippen LogP contribution in [0.4, 0.5) is 29.3 Å². The molecule has 3 aromatic carbocycles. The second-order valence-electron chi connectivity index (χ2n) is 12.2. The first-order valence-corrected chi connectivity index (χ1v) is 15.2. The number of anilines is 2. The third-order valence-corrected chi connectivity index (χ3v) is 7.48. The number of aliphatic hydroxyl groups is 1. The van der Waals surface area contributed by atoms with E-state index < -0.39 is 49.0 Å². The summed E-state index contributed by atoms with van der Waals surface area (Å²) >= 11 is 0. The van der Waals surface area contributed by atoms with Crippen molar-refractivity contribution >= 4 is 35.2 Å². The molecular formula is C34H38F3N5O6. The van der Waals surface area contributed by atoms with Crippen LogP contribution >= 0.6 is 0 Å². The van der Waals surface area contributed by atoms with Crippen LogP contribution in [-0.2, 0) is 32.1 Å². The zero-order chi connectivity index (χ0) is 35.1. The van der Waals surface area contributed by atoms with Crippen molar-refractivity contribution < 1.29 is 42.2 Å². The fraction of sp³-hybridized carbons (Fsp3) is 0.353. The van der Waals surface area contributed by atoms with Gasteiger partial charge in [0.2, 0.25) is 11.8 Å². The molecule has 0 saturated carbocycles. The molecule has 0 bridgehead atoms. The lowest BCUT2D eigenvalue weighted by Gasteiger charge is -2.27. The molecule has 1 aliphatic heterocycles. The van der Waals surface area contributed by atoms with E-state index in [-0.39, 0.29) is 24.8 Å². The molecule has 48 heavy (non-hydrogen) atoms. The molecule has 14 heteroatoms. The number of nitrogens with two attached hydrogens (primary N) is 1. The van der Waals surface area contributed by atoms with E-state index in [1.54, 1.807) is 43.0 Å². The summed E-state index contributed by atoms with van der Waals surface area (Å²) in [6.07, 6.45) is -4.09. The largest absolute Gasteiger partial charge is 0.490 e. The van der Waals surface area contributed by atoms with Gasteiger partial charge in [0, 0.05) is 23.2 Å². The highest BCUT2D eigenvalue weighted by Crippen LogP contribution is 2.31. The predicted molar refractivity (Wildman–Crippen MR) is 173 cm³/mol. The molecule has 0 aliphatic carbocycles. The van der Waals surface area contributed by atoms with E-state index in [1.165, 1.54) is 0 Å². The van der Waals surface area contributed by atoms with Crippen molar-refractivity contribution in [2.45, 2.75) is 63.5 Å². The number of carbonyl (C=O) groups is 4. The van der Waals surface area contributed by atoms with Gasteiger partial charge in [0.1, 0.15) is 12.6 Å². The summed E-state index contributed by atoms with van der Waals surface area (Å²) in [7, 11) is 0. The number of fused-ring (bicyclic) bond motifs is 1. The SMILES string of the molecule is CC(C)(N)CC(=O)N[C@@H]1CCc2ccccc2N(Cc2ccc(-c3ccccc3NC(=O)NC(CO)COC(=O)C(F)(F)F)cc2)C1=O. The third-order valence-electron chi connectivity index (χ3n) is 7.48. The third kappa shape index (κ3) is 9.78. The van der Waals surface area contributed by atoms with Crippen LogP contribution < -0.4 is 26.6 Å². The first-order chi connectivity index (χ1) is 22.6. The number of ether oxygens (including phenoxy) is 1. The van der Waals surface area contributed by atoms with Crippen LogP contribution in [0.2, 0.25) is 0 Å². The van der Waals surface area contributed by atoms with Crippen molar-refractivity contribution in [3.63, 3.8) is 0 Å². The van der Waals surface area contributed by atoms with E-state index in [1.807, 2.05) is 48.5 Å². The van der Waals surface area contributed by atoms with Gasteiger partial charge in [0.15, 0.2) is 0 Å². The van der Waals surface area contributed by atoms with E-state index in [4.69, 9.17) is 5.73 Å². The Balaban J connectivity index is 1.47. The topological polar surface area (TPSA) is 163 Å². The van der Waals surface area contributed by atoms with Crippen LogP contribution in [0.15, 0.2) is 72.8 Å². The molecule has 11 nitrogen and oxygen atoms in total. The molecule has 0 saturated heterocycles. The minimum atomic E-state index is -5.20. The number of nitrogens with zero attached hydrogens (tertiary/aromatic N) is 1. The summed E-state index contributed by atoms with van der Waals surface area (Å²) in [6, 6.07) is 18.9. The van der Waals surface area contributed by atoms with E-state index >= 15 is 0 Å². The predicted octanol–water partition coefficient (Wildman–Crippen LogP) is 4.03. The first-order valence-electron chi connectivity index (χ1n) is 15.2. The molecule has 0 spiro atoms. The Bertz CT molecular complexity index is 1620. The monoisotopic (exact) mass is 669 g/mol. The lowest BCUT2D eigenvalue weighted by atomic mass is 10.0. The van der Waals surface area contributed by atoms with Gasteiger partial charge < -0.3 is 36.4 Å². The molecule has 4 amide bonds. The molecule has 3 aromatic rings. The molecule has 0 fully saturated rings. The summed E-state index contributed by atoms with van der Waals surface area (Å²) in [4.78, 5) is 51.8. The molecule has 1 heterocycles. The van der Waals surface area contributed by atoms with Crippen molar-refractivity contribution in [2.24, 2.45) is 5.73 Å². The van der Waals surface area contributed by atoms with Gasteiger partial charge in [0.25, 0.3) is 0 Å². The quantitative estimate of drug-likeness (QED) is 0.193. The summed E-state index contributed by atoms with van der Waals surface area (Å²) in [6.45, 7) is 2.07. The van der Waals surface area contributed by atoms with Crippen molar-refractivity contribution in [3.05, 3.63) is 83.9 Å². The molecule has 0 radical (unpaired) electrons. The zero-order valence-electron chi connectivity index (χ0n) is 26.5. The van der Waals surface area contributed by atoms with Crippen LogP contribution in [0.5, 0.6) is 0 Å². The molecule has 1 aliphatic rings. The zero-order valence-corrected chi connectivity index (χ0v) is 26.5. The average Bonchev–Trinajstić information content (AvgIpc) is 3.14. The number of para-hydroxylation sites is 2. The van der Waals surface area contributed by atoms with Crippen molar-refractivity contribution in [3.8, 4) is 11.1 Å². The van der Waals surface area contributed by atoms with Gasteiger partial charge in [-0.05, 0) is 55.5 Å². The second-order valence-corrected chi connectivity index (χ2v) is 12.2. The number of hydrogen-bond donors (Lipinski definition) is 5. The summed E-state index contributed by atoms with van der Waals surface area (Å²) in [5, 5.41) is 17.2. The summed E-state index contributed by atoms with van der Waals surface area (Å²) in [5.41, 5.74) is 9.53. The highest BCUT2D eigenvalue weighted by molar-refractivity contribution is 6.00. The van der Waals surface area contributed by atoms with E-state index in [0.717, 1.165) is 16.8 Å². The number of aryl methyl sites for hydroxylation is 1. The number of benzene rings is 3. The van der Waals surface area contributed by atoms with Gasteiger partial charge in [-0.25, -0.2) is 9.59 Å². The molecule has 6 N–H and O–H groups in total. The fourth-order valence-corrected chi connectivity index (χ4v) is 5.23. The molecule has 4 rings (SSSR count). The Hall–Kier alpha value is -4.95. The molecule has 1 unspecified atom stereocenters. The van der Waals surface area contributed by atoms with Gasteiger partial charge >= 0.3 is 18.2 Å². The Morgan fingerprint density at radius 2 is 1.69 bits per heavy atom. The number of rotatable bonds is 11. The van der Waals surface area contributed by atoms with Gasteiger partial charge in [-0.15, -0.1) is 0 Å². The number of carbonyl (C=O) groups excluding carboxylic acids is 4. The number of amides is 4. The van der Waals surface area contributed by atoms with Crippen LogP contribution in [0.3, 0.4) is 0 Å². The van der Waals surface area contributed by atoms with Crippen LogP contribution in [0, 0.1) is 0 Å². The summed E-state index contributed by atoms with van der Waals surface area (Å²) in [5.74, 6) is -2.96. The Kier molecular flexibility index (Phi) is 11.4. The minimum absolute atomic E-state index is 0.0720. The number of esters is 1. The highest BCUT2D eigenvalue weighted by Gasteiger charge is 2.41. The average molecular weight is 670 g/mol. The lowest BCUT2D eigenvalue weighted by Crippen LogP contribution is -2.49. The number of nitrogens with one attached hydrogen (secondary N) is 3. The van der Waals surface area contributed by atoms with Crippen molar-refractivity contribution in [1.82, 2.24) is 10.6 Å². The van der Waals surface area contributed by atoms with Crippen molar-refractivity contribution in [1.29, 1.82) is 0 Å². The van der Waals surface area contributed by atoms with Crippen LogP contribution in [-0.4, -0.2) is 65.9 Å². The molecule has 256 valence electrons. The second kappa shape index (κ2) is 15.3. The number of halogens is 3. The first kappa shape index (κ1) is 35.9. The highest BCUT2D eigenvalue weighted by atomic mass is 19.4. The Morgan fingerprint density at radius 3 is 2.35 bits per heavy atom. The van der Waals surface area contributed by atoms with Crippen LogP contribution in [0.1, 0.15) is 37.8 Å². The van der Waals surface area contributed by atoms with E-state index in [9.17, 15) is 37.5 Å². The molecular weight excluding hydrogens is 631 g/mol. The number of hydrogen-bond acceptors (Lipinski definition) is 7. The number of aliphatic hydroxyl groups excluding tert-OH is 1. The minimum Gasteiger partial charge on any atom is -0.457 e. The maximum absolute atomic E-state index is 13.8. The number of alkyl halides is 3. The van der Waals surface area contributed by atoms with Gasteiger partial charge in [0.05, 0.1) is 24.9 Å². The van der Waals surface area contributed by atoms with Crippen molar-refractivity contribution in [2.75, 3.05) is 23.4 Å². The van der Waals surface area contributed by atoms with E-state index in [0.29, 0.717) is 29.7 Å². The fourth-order valence-electron chi connectivity index (χ4n) is 5.23. The van der Waals surface area contributed by atoms with Crippen LogP contribution in [0.25, 0.3) is 11.1 Å². The number of urea groups is 1. The normalized spacial score (nSPS) is 15.5. The van der Waals surface area contributed by atoms with Gasteiger partial charge in [-0.1, -0.05) is 60.7 Å². The standard InChI is InChI=1S/C34H38F3N5O6/c1-33(2,38)17-29(44)40-27-16-15-23-7-3-6-10-28(23)42(30(27)45)18-21-11-13-22(14-12-21)25-8-4-5-9-26(25)41-32(47)39-24(19-43)20-48-31(46)34(35,36)37/h3-14,24,27,43H,15-20,38H2,1-2H3,(H,40,44)(H2,39,41,47)/t24?,27-/m1/s1. The Morgan fingerprint density at radius 1 is 1.02 bits per heavy atom. The maximum atomic E-state index is 13.8. The van der Waals surface area contributed by atoms with Gasteiger partial charge in [-0.3, -0.25) is 9.59 Å². The Labute approximate surface area is 275 Å². The maximum Gasteiger partial charge on any atom is 0.490 e. The van der Waals surface area contributed by atoms with Gasteiger partial charge in [-0.2, -0.15) is 13.2 Å². The smallest absolute Gasteiger partial charge is 0.457 e. The summed E-state index contributed by atoms with van der Waals surface area (Å²) < 4.78 is 41.4. The van der Waals surface area contributed by atoms with E-state index in [2.05, 4.69) is 20.7 Å². The molecule has 2 atom stereocenters. The lowest BCUT2D eigenvalue weighted by molar-refractivity contribution is -0.200.